The minimum absolute atomic E-state index is 0. The molecule has 2 unspecified atom stereocenters. The van der Waals surface area contributed by atoms with Crippen molar-refractivity contribution in [2.45, 2.75) is 39.3 Å². The summed E-state index contributed by atoms with van der Waals surface area (Å²) >= 11 is 1.74. The SMILES string of the molecule is Cc1ccc(-c2nc(CN3CCCC(C(C)N)C3)cs2)cc1.Cl. The second-order valence-electron chi connectivity index (χ2n) is 6.51. The molecule has 0 aliphatic carbocycles. The second kappa shape index (κ2) is 8.25. The van der Waals surface area contributed by atoms with E-state index in [1.54, 1.807) is 11.3 Å². The second-order valence-corrected chi connectivity index (χ2v) is 7.36. The van der Waals surface area contributed by atoms with Crippen LogP contribution in [0.4, 0.5) is 0 Å². The summed E-state index contributed by atoms with van der Waals surface area (Å²) in [5.74, 6) is 0.629. The summed E-state index contributed by atoms with van der Waals surface area (Å²) < 4.78 is 0. The van der Waals surface area contributed by atoms with Crippen LogP contribution in [0.2, 0.25) is 0 Å². The van der Waals surface area contributed by atoms with E-state index in [0.717, 1.165) is 18.1 Å². The normalized spacial score (nSPS) is 20.0. The van der Waals surface area contributed by atoms with E-state index in [1.165, 1.54) is 36.2 Å². The molecule has 2 atom stereocenters. The highest BCUT2D eigenvalue weighted by atomic mass is 35.5. The van der Waals surface area contributed by atoms with E-state index < -0.39 is 0 Å². The number of thiazole rings is 1. The number of benzene rings is 1. The Kier molecular flexibility index (Phi) is 6.60. The van der Waals surface area contributed by atoms with Crippen molar-refractivity contribution in [1.29, 1.82) is 0 Å². The molecule has 0 saturated carbocycles. The van der Waals surface area contributed by atoms with E-state index in [1.807, 2.05) is 0 Å². The van der Waals surface area contributed by atoms with Gasteiger partial charge in [-0.3, -0.25) is 4.90 Å². The molecule has 3 rings (SSSR count). The van der Waals surface area contributed by atoms with Crippen LogP contribution in [0.25, 0.3) is 10.6 Å². The Morgan fingerprint density at radius 1 is 1.35 bits per heavy atom. The van der Waals surface area contributed by atoms with E-state index in [0.29, 0.717) is 12.0 Å². The average molecular weight is 352 g/mol. The van der Waals surface area contributed by atoms with Crippen molar-refractivity contribution >= 4 is 23.7 Å². The minimum atomic E-state index is 0. The number of halogens is 1. The van der Waals surface area contributed by atoms with Gasteiger partial charge in [-0.15, -0.1) is 23.7 Å². The average Bonchev–Trinajstić information content (AvgIpc) is 2.96. The first kappa shape index (κ1) is 18.4. The van der Waals surface area contributed by atoms with Gasteiger partial charge in [0.2, 0.25) is 0 Å². The summed E-state index contributed by atoms with van der Waals surface area (Å²) in [4.78, 5) is 7.33. The highest BCUT2D eigenvalue weighted by Crippen LogP contribution is 2.26. The van der Waals surface area contributed by atoms with Crippen LogP contribution in [0, 0.1) is 12.8 Å². The van der Waals surface area contributed by atoms with Crippen molar-refractivity contribution < 1.29 is 0 Å². The number of nitrogens with two attached hydrogens (primary N) is 1. The molecule has 1 aromatic heterocycles. The molecule has 3 nitrogen and oxygen atoms in total. The molecule has 0 amide bonds. The molecule has 1 saturated heterocycles. The van der Waals surface area contributed by atoms with Gasteiger partial charge < -0.3 is 5.73 Å². The molecular weight excluding hydrogens is 326 g/mol. The van der Waals surface area contributed by atoms with Crippen molar-refractivity contribution in [2.24, 2.45) is 11.7 Å². The van der Waals surface area contributed by atoms with Crippen LogP contribution < -0.4 is 5.73 Å². The van der Waals surface area contributed by atoms with Gasteiger partial charge in [0.1, 0.15) is 5.01 Å². The number of nitrogens with zero attached hydrogens (tertiary/aromatic N) is 2. The van der Waals surface area contributed by atoms with Crippen LogP contribution in [0.15, 0.2) is 29.6 Å². The van der Waals surface area contributed by atoms with Gasteiger partial charge in [-0.1, -0.05) is 29.8 Å². The van der Waals surface area contributed by atoms with Crippen LogP contribution in [0.1, 0.15) is 31.0 Å². The number of likely N-dealkylation sites (tertiary alicyclic amines) is 1. The summed E-state index contributed by atoms with van der Waals surface area (Å²) in [7, 11) is 0. The highest BCUT2D eigenvalue weighted by Gasteiger charge is 2.23. The van der Waals surface area contributed by atoms with Gasteiger partial charge in [0.05, 0.1) is 5.69 Å². The highest BCUT2D eigenvalue weighted by molar-refractivity contribution is 7.13. The standard InChI is InChI=1S/C18H25N3S.ClH/c1-13-5-7-15(8-6-13)18-20-17(12-22-18)11-21-9-3-4-16(10-21)14(2)19;/h5-8,12,14,16H,3-4,9-11,19H2,1-2H3;1H. The Bertz CT molecular complexity index is 609. The molecule has 1 aromatic carbocycles. The zero-order chi connectivity index (χ0) is 15.5. The van der Waals surface area contributed by atoms with Crippen LogP contribution in [-0.4, -0.2) is 29.0 Å². The first-order chi connectivity index (χ1) is 10.6. The first-order valence-corrected chi connectivity index (χ1v) is 8.99. The molecule has 1 aliphatic rings. The summed E-state index contributed by atoms with van der Waals surface area (Å²) in [5, 5.41) is 3.32. The number of piperidine rings is 1. The number of hydrogen-bond acceptors (Lipinski definition) is 4. The number of hydrogen-bond donors (Lipinski definition) is 1. The Balaban J connectivity index is 0.00000192. The zero-order valence-corrected chi connectivity index (χ0v) is 15.5. The lowest BCUT2D eigenvalue weighted by Crippen LogP contribution is -2.41. The molecule has 126 valence electrons. The minimum Gasteiger partial charge on any atom is -0.328 e. The van der Waals surface area contributed by atoms with Crippen molar-refractivity contribution in [2.75, 3.05) is 13.1 Å². The third-order valence-corrected chi connectivity index (χ3v) is 5.46. The molecule has 0 radical (unpaired) electrons. The molecule has 2 N–H and O–H groups in total. The summed E-state index contributed by atoms with van der Waals surface area (Å²) in [5.41, 5.74) is 9.77. The number of aromatic nitrogens is 1. The lowest BCUT2D eigenvalue weighted by atomic mass is 9.92. The van der Waals surface area contributed by atoms with Crippen LogP contribution in [0.5, 0.6) is 0 Å². The maximum Gasteiger partial charge on any atom is 0.123 e. The molecular formula is C18H26ClN3S. The van der Waals surface area contributed by atoms with E-state index in [9.17, 15) is 0 Å². The van der Waals surface area contributed by atoms with Crippen LogP contribution in [0.3, 0.4) is 0 Å². The molecule has 0 bridgehead atoms. The largest absolute Gasteiger partial charge is 0.328 e. The summed E-state index contributed by atoms with van der Waals surface area (Å²) in [6, 6.07) is 8.90. The Morgan fingerprint density at radius 3 is 2.78 bits per heavy atom. The van der Waals surface area contributed by atoms with E-state index in [2.05, 4.69) is 48.4 Å². The van der Waals surface area contributed by atoms with Gasteiger partial charge in [0, 0.05) is 30.1 Å². The van der Waals surface area contributed by atoms with Gasteiger partial charge >= 0.3 is 0 Å². The third-order valence-electron chi connectivity index (χ3n) is 4.52. The maximum atomic E-state index is 6.07. The van der Waals surface area contributed by atoms with Gasteiger partial charge in [-0.25, -0.2) is 4.98 Å². The number of rotatable bonds is 4. The molecule has 0 spiro atoms. The fraction of sp³-hybridized carbons (Fsp3) is 0.500. The smallest absolute Gasteiger partial charge is 0.123 e. The zero-order valence-electron chi connectivity index (χ0n) is 13.9. The topological polar surface area (TPSA) is 42.2 Å². The van der Waals surface area contributed by atoms with Gasteiger partial charge in [0.25, 0.3) is 0 Å². The van der Waals surface area contributed by atoms with Crippen molar-refractivity contribution in [3.05, 3.63) is 40.9 Å². The van der Waals surface area contributed by atoms with Crippen molar-refractivity contribution in [3.63, 3.8) is 0 Å². The third kappa shape index (κ3) is 4.77. The van der Waals surface area contributed by atoms with Crippen LogP contribution in [-0.2, 0) is 6.54 Å². The fourth-order valence-electron chi connectivity index (χ4n) is 3.10. The monoisotopic (exact) mass is 351 g/mol. The van der Waals surface area contributed by atoms with E-state index in [-0.39, 0.29) is 12.4 Å². The fourth-order valence-corrected chi connectivity index (χ4v) is 3.92. The predicted octanol–water partition coefficient (Wildman–Crippen LogP) is 4.10. The predicted molar refractivity (Wildman–Crippen MR) is 101 cm³/mol. The van der Waals surface area contributed by atoms with Crippen LogP contribution >= 0.6 is 23.7 Å². The first-order valence-electron chi connectivity index (χ1n) is 8.11. The molecule has 23 heavy (non-hydrogen) atoms. The Hall–Kier alpha value is -0.940. The van der Waals surface area contributed by atoms with Crippen molar-refractivity contribution in [3.8, 4) is 10.6 Å². The molecule has 2 heterocycles. The van der Waals surface area contributed by atoms with E-state index >= 15 is 0 Å². The maximum absolute atomic E-state index is 6.07. The quantitative estimate of drug-likeness (QED) is 0.901. The Morgan fingerprint density at radius 2 is 2.09 bits per heavy atom. The molecule has 1 fully saturated rings. The summed E-state index contributed by atoms with van der Waals surface area (Å²) in [6.45, 7) is 7.47. The molecule has 1 aliphatic heterocycles. The lowest BCUT2D eigenvalue weighted by molar-refractivity contribution is 0.153. The Labute approximate surface area is 149 Å². The van der Waals surface area contributed by atoms with Gasteiger partial charge in [-0.2, -0.15) is 0 Å². The van der Waals surface area contributed by atoms with Gasteiger partial charge in [0.15, 0.2) is 0 Å². The lowest BCUT2D eigenvalue weighted by Gasteiger charge is -2.34. The number of aryl methyl sites for hydroxylation is 1. The van der Waals surface area contributed by atoms with E-state index in [4.69, 9.17) is 10.7 Å². The molecule has 2 aromatic rings. The van der Waals surface area contributed by atoms with Gasteiger partial charge in [-0.05, 0) is 39.2 Å². The van der Waals surface area contributed by atoms with Crippen molar-refractivity contribution in [1.82, 2.24) is 9.88 Å². The molecule has 5 heteroatoms. The summed E-state index contributed by atoms with van der Waals surface area (Å²) in [6.07, 6.45) is 2.51.